The van der Waals surface area contributed by atoms with E-state index in [0.29, 0.717) is 19.5 Å². The van der Waals surface area contributed by atoms with Crippen LogP contribution in [0, 0.1) is 12.8 Å². The van der Waals surface area contributed by atoms with Crippen LogP contribution in [-0.2, 0) is 19.6 Å². The zero-order chi connectivity index (χ0) is 14.6. The largest absolute Gasteiger partial charge is 0.381 e. The van der Waals surface area contributed by atoms with E-state index in [9.17, 15) is 13.2 Å². The molecule has 1 aromatic rings. The van der Waals surface area contributed by atoms with Crippen molar-refractivity contribution in [1.82, 2.24) is 4.72 Å². The Morgan fingerprint density at radius 1 is 1.35 bits per heavy atom. The first-order valence-corrected chi connectivity index (χ1v) is 8.13. The highest BCUT2D eigenvalue weighted by Crippen LogP contribution is 2.19. The zero-order valence-corrected chi connectivity index (χ0v) is 12.2. The Hall–Kier alpha value is -1.24. The topological polar surface area (TPSA) is 72.5 Å². The van der Waals surface area contributed by atoms with Crippen molar-refractivity contribution >= 4 is 16.3 Å². The van der Waals surface area contributed by atoms with Crippen molar-refractivity contribution in [2.24, 2.45) is 5.92 Å². The Labute approximate surface area is 119 Å². The summed E-state index contributed by atoms with van der Waals surface area (Å²) < 4.78 is 32.3. The van der Waals surface area contributed by atoms with Gasteiger partial charge in [-0.2, -0.15) is 0 Å². The van der Waals surface area contributed by atoms with Gasteiger partial charge in [0, 0.05) is 12.5 Å². The number of hydrogen-bond acceptors (Lipinski definition) is 4. The van der Waals surface area contributed by atoms with Crippen molar-refractivity contribution in [2.75, 3.05) is 13.2 Å². The SMILES string of the molecule is Cc1ccc(S(=O)(=O)NC(C=O)[C@@H]2CCCOC2)cc1. The van der Waals surface area contributed by atoms with E-state index in [1.165, 1.54) is 12.1 Å². The monoisotopic (exact) mass is 297 g/mol. The second-order valence-electron chi connectivity index (χ2n) is 5.07. The minimum atomic E-state index is -3.67. The van der Waals surface area contributed by atoms with E-state index in [1.54, 1.807) is 12.1 Å². The van der Waals surface area contributed by atoms with Crippen molar-refractivity contribution in [1.29, 1.82) is 0 Å². The number of ether oxygens (including phenoxy) is 1. The molecule has 0 amide bonds. The average Bonchev–Trinajstić information content (AvgIpc) is 2.46. The van der Waals surface area contributed by atoms with Crippen molar-refractivity contribution in [3.63, 3.8) is 0 Å². The fourth-order valence-corrected chi connectivity index (χ4v) is 3.49. The number of aldehydes is 1. The molecule has 6 heteroatoms. The molecule has 1 aliphatic rings. The van der Waals surface area contributed by atoms with Gasteiger partial charge in [0.1, 0.15) is 6.29 Å². The van der Waals surface area contributed by atoms with Crippen LogP contribution in [0.3, 0.4) is 0 Å². The molecular weight excluding hydrogens is 278 g/mol. The van der Waals surface area contributed by atoms with Gasteiger partial charge in [-0.1, -0.05) is 17.7 Å². The van der Waals surface area contributed by atoms with E-state index in [2.05, 4.69) is 4.72 Å². The number of carbonyl (C=O) groups is 1. The fourth-order valence-electron chi connectivity index (χ4n) is 2.25. The molecule has 1 saturated heterocycles. The molecule has 110 valence electrons. The summed E-state index contributed by atoms with van der Waals surface area (Å²) in [6.45, 7) is 2.98. The maximum absolute atomic E-state index is 12.2. The Kier molecular flexibility index (Phi) is 4.91. The first kappa shape index (κ1) is 15.2. The fraction of sp³-hybridized carbons (Fsp3) is 0.500. The smallest absolute Gasteiger partial charge is 0.241 e. The van der Waals surface area contributed by atoms with E-state index < -0.39 is 16.1 Å². The molecule has 2 rings (SSSR count). The molecule has 0 saturated carbocycles. The maximum atomic E-state index is 12.2. The van der Waals surface area contributed by atoms with Crippen LogP contribution in [0.4, 0.5) is 0 Å². The van der Waals surface area contributed by atoms with Crippen LogP contribution in [0.25, 0.3) is 0 Å². The molecule has 20 heavy (non-hydrogen) atoms. The number of benzene rings is 1. The van der Waals surface area contributed by atoms with Gasteiger partial charge >= 0.3 is 0 Å². The normalized spacial score (nSPS) is 21.4. The Balaban J connectivity index is 2.12. The Bertz CT molecular complexity index is 547. The summed E-state index contributed by atoms with van der Waals surface area (Å²) in [4.78, 5) is 11.4. The van der Waals surface area contributed by atoms with Crippen LogP contribution in [0.1, 0.15) is 18.4 Å². The quantitative estimate of drug-likeness (QED) is 0.831. The van der Waals surface area contributed by atoms with E-state index >= 15 is 0 Å². The first-order valence-electron chi connectivity index (χ1n) is 6.65. The van der Waals surface area contributed by atoms with Gasteiger partial charge in [0.2, 0.25) is 10.0 Å². The molecule has 0 spiro atoms. The third kappa shape index (κ3) is 3.65. The van der Waals surface area contributed by atoms with Gasteiger partial charge < -0.3 is 9.53 Å². The molecule has 0 aromatic heterocycles. The zero-order valence-electron chi connectivity index (χ0n) is 11.4. The van der Waals surface area contributed by atoms with Crippen LogP contribution < -0.4 is 4.72 Å². The van der Waals surface area contributed by atoms with Gasteiger partial charge in [-0.15, -0.1) is 0 Å². The van der Waals surface area contributed by atoms with Crippen LogP contribution in [0.2, 0.25) is 0 Å². The van der Waals surface area contributed by atoms with E-state index in [4.69, 9.17) is 4.74 Å². The molecule has 2 atom stereocenters. The summed E-state index contributed by atoms with van der Waals surface area (Å²) in [7, 11) is -3.67. The summed E-state index contributed by atoms with van der Waals surface area (Å²) in [5.41, 5.74) is 0.983. The molecule has 1 aliphatic heterocycles. The second kappa shape index (κ2) is 6.47. The van der Waals surface area contributed by atoms with Crippen LogP contribution in [-0.4, -0.2) is 34.0 Å². The number of nitrogens with one attached hydrogen (secondary N) is 1. The lowest BCUT2D eigenvalue weighted by Crippen LogP contribution is -2.44. The van der Waals surface area contributed by atoms with Gasteiger partial charge in [-0.25, -0.2) is 13.1 Å². The molecule has 1 unspecified atom stereocenters. The third-order valence-corrected chi connectivity index (χ3v) is 4.95. The minimum Gasteiger partial charge on any atom is -0.381 e. The van der Waals surface area contributed by atoms with Gasteiger partial charge in [0.05, 0.1) is 17.5 Å². The average molecular weight is 297 g/mol. The standard InChI is InChI=1S/C14H19NO4S/c1-11-4-6-13(7-5-11)20(17,18)15-14(9-16)12-3-2-8-19-10-12/h4-7,9,12,14-15H,2-3,8,10H2,1H3/t12-,14?/m1/s1. The maximum Gasteiger partial charge on any atom is 0.241 e. The number of sulfonamides is 1. The summed E-state index contributed by atoms with van der Waals surface area (Å²) in [5.74, 6) is -0.0959. The number of rotatable bonds is 5. The third-order valence-electron chi connectivity index (χ3n) is 3.47. The molecule has 0 radical (unpaired) electrons. The van der Waals surface area contributed by atoms with Crippen LogP contribution in [0.15, 0.2) is 29.2 Å². The summed E-state index contributed by atoms with van der Waals surface area (Å²) in [5, 5.41) is 0. The van der Waals surface area contributed by atoms with E-state index in [1.807, 2.05) is 6.92 Å². The van der Waals surface area contributed by atoms with Crippen molar-refractivity contribution in [2.45, 2.75) is 30.7 Å². The molecule has 1 heterocycles. The first-order chi connectivity index (χ1) is 9.53. The summed E-state index contributed by atoms with van der Waals surface area (Å²) in [6.07, 6.45) is 2.30. The molecule has 1 aromatic carbocycles. The van der Waals surface area contributed by atoms with Crippen LogP contribution in [0.5, 0.6) is 0 Å². The lowest BCUT2D eigenvalue weighted by atomic mass is 9.95. The summed E-state index contributed by atoms with van der Waals surface area (Å²) in [6, 6.07) is 5.80. The van der Waals surface area contributed by atoms with Crippen LogP contribution >= 0.6 is 0 Å². The molecule has 5 nitrogen and oxygen atoms in total. The van der Waals surface area contributed by atoms with E-state index in [-0.39, 0.29) is 10.8 Å². The van der Waals surface area contributed by atoms with Gasteiger partial charge in [-0.3, -0.25) is 0 Å². The predicted molar refractivity (Wildman–Crippen MR) is 74.9 cm³/mol. The highest BCUT2D eigenvalue weighted by molar-refractivity contribution is 7.89. The molecular formula is C14H19NO4S. The Morgan fingerprint density at radius 3 is 2.60 bits per heavy atom. The lowest BCUT2D eigenvalue weighted by Gasteiger charge is -2.27. The highest BCUT2D eigenvalue weighted by atomic mass is 32.2. The van der Waals surface area contributed by atoms with Crippen molar-refractivity contribution in [3.8, 4) is 0 Å². The minimum absolute atomic E-state index is 0.0959. The van der Waals surface area contributed by atoms with Gasteiger partial charge in [0.25, 0.3) is 0 Å². The number of aryl methyl sites for hydroxylation is 1. The summed E-state index contributed by atoms with van der Waals surface area (Å²) >= 11 is 0. The number of carbonyl (C=O) groups excluding carboxylic acids is 1. The van der Waals surface area contributed by atoms with Gasteiger partial charge in [0.15, 0.2) is 0 Å². The second-order valence-corrected chi connectivity index (χ2v) is 6.79. The van der Waals surface area contributed by atoms with Crippen molar-refractivity contribution in [3.05, 3.63) is 29.8 Å². The molecule has 1 fully saturated rings. The van der Waals surface area contributed by atoms with E-state index in [0.717, 1.165) is 18.4 Å². The molecule has 0 aliphatic carbocycles. The highest BCUT2D eigenvalue weighted by Gasteiger charge is 2.28. The van der Waals surface area contributed by atoms with Gasteiger partial charge in [-0.05, 0) is 31.9 Å². The van der Waals surface area contributed by atoms with Crippen molar-refractivity contribution < 1.29 is 17.9 Å². The Morgan fingerprint density at radius 2 is 2.05 bits per heavy atom. The molecule has 1 N–H and O–H groups in total. The lowest BCUT2D eigenvalue weighted by molar-refractivity contribution is -0.111. The number of hydrogen-bond donors (Lipinski definition) is 1. The molecule has 0 bridgehead atoms. The predicted octanol–water partition coefficient (Wildman–Crippen LogP) is 1.27.